The molecule has 1 aliphatic rings. The topological polar surface area (TPSA) is 49.5 Å². The van der Waals surface area contributed by atoms with Crippen LogP contribution in [0, 0.1) is 6.92 Å². The van der Waals surface area contributed by atoms with Crippen molar-refractivity contribution < 1.29 is 9.52 Å². The molecule has 114 valence electrons. The number of oxazole rings is 1. The normalized spacial score (nSPS) is 21.6. The molecule has 2 atom stereocenters. The molecule has 1 fully saturated rings. The van der Waals surface area contributed by atoms with Crippen LogP contribution in [0.5, 0.6) is 0 Å². The molecule has 0 saturated carbocycles. The summed E-state index contributed by atoms with van der Waals surface area (Å²) in [6, 6.07) is 2.26. The van der Waals surface area contributed by atoms with Gasteiger partial charge in [-0.15, -0.1) is 0 Å². The third kappa shape index (κ3) is 3.20. The number of hydrogen-bond acceptors (Lipinski definition) is 5. The number of aliphatic hydroxyl groups is 1. The minimum atomic E-state index is -0.297. The molecule has 0 aliphatic carbocycles. The molecular weight excluding hydrogens is 284 g/mol. The van der Waals surface area contributed by atoms with Gasteiger partial charge in [-0.25, -0.2) is 4.98 Å². The summed E-state index contributed by atoms with van der Waals surface area (Å²) in [5.74, 6) is 1.58. The number of thiophene rings is 1. The van der Waals surface area contributed by atoms with E-state index in [0.29, 0.717) is 5.89 Å². The van der Waals surface area contributed by atoms with Gasteiger partial charge in [-0.1, -0.05) is 6.42 Å². The van der Waals surface area contributed by atoms with Crippen molar-refractivity contribution in [1.82, 2.24) is 9.88 Å². The van der Waals surface area contributed by atoms with Gasteiger partial charge >= 0.3 is 0 Å². The van der Waals surface area contributed by atoms with Crippen molar-refractivity contribution >= 4 is 11.3 Å². The quantitative estimate of drug-likeness (QED) is 0.940. The van der Waals surface area contributed by atoms with Crippen molar-refractivity contribution in [2.24, 2.45) is 0 Å². The highest BCUT2D eigenvalue weighted by Crippen LogP contribution is 2.27. The highest BCUT2D eigenvalue weighted by atomic mass is 32.1. The van der Waals surface area contributed by atoms with E-state index in [1.165, 1.54) is 12.8 Å². The molecule has 1 saturated heterocycles. The zero-order valence-electron chi connectivity index (χ0n) is 12.6. The summed E-state index contributed by atoms with van der Waals surface area (Å²) in [6.45, 7) is 5.64. The van der Waals surface area contributed by atoms with Crippen LogP contribution in [-0.4, -0.2) is 33.7 Å². The molecule has 4 nitrogen and oxygen atoms in total. The van der Waals surface area contributed by atoms with E-state index in [2.05, 4.69) is 15.3 Å². The van der Waals surface area contributed by atoms with Gasteiger partial charge in [0.15, 0.2) is 0 Å². The number of nitrogens with zero attached hydrogens (tertiary/aromatic N) is 2. The fourth-order valence-electron chi connectivity index (χ4n) is 3.04. The molecule has 1 aliphatic heterocycles. The van der Waals surface area contributed by atoms with E-state index in [1.54, 1.807) is 11.3 Å². The van der Waals surface area contributed by atoms with Crippen LogP contribution in [0.4, 0.5) is 0 Å². The van der Waals surface area contributed by atoms with Gasteiger partial charge in [-0.05, 0) is 44.7 Å². The Kier molecular flexibility index (Phi) is 4.42. The Morgan fingerprint density at radius 1 is 1.52 bits per heavy atom. The Bertz CT molecular complexity index is 577. The number of aliphatic hydroxyl groups excluding tert-OH is 1. The highest BCUT2D eigenvalue weighted by Gasteiger charge is 2.27. The first-order valence-corrected chi connectivity index (χ1v) is 8.50. The zero-order valence-corrected chi connectivity index (χ0v) is 13.4. The van der Waals surface area contributed by atoms with Gasteiger partial charge in [-0.3, -0.25) is 4.90 Å². The van der Waals surface area contributed by atoms with E-state index in [9.17, 15) is 5.11 Å². The van der Waals surface area contributed by atoms with Gasteiger partial charge in [0.1, 0.15) is 5.76 Å². The maximum Gasteiger partial charge on any atom is 0.227 e. The second-order valence-electron chi connectivity index (χ2n) is 5.81. The van der Waals surface area contributed by atoms with Crippen LogP contribution in [0.3, 0.4) is 0 Å². The summed E-state index contributed by atoms with van der Waals surface area (Å²) in [5, 5.41) is 14.0. The molecular formula is C16H22N2O2S. The third-order valence-corrected chi connectivity index (χ3v) is 4.92. The van der Waals surface area contributed by atoms with Crippen LogP contribution in [0.15, 0.2) is 21.2 Å². The lowest BCUT2D eigenvalue weighted by molar-refractivity contribution is 0.0308. The van der Waals surface area contributed by atoms with E-state index >= 15 is 0 Å². The van der Waals surface area contributed by atoms with E-state index < -0.39 is 0 Å². The molecule has 2 unspecified atom stereocenters. The average Bonchev–Trinajstić information content (AvgIpc) is 3.10. The molecule has 0 radical (unpaired) electrons. The van der Waals surface area contributed by atoms with E-state index in [1.807, 2.05) is 25.3 Å². The molecule has 5 heteroatoms. The highest BCUT2D eigenvalue weighted by molar-refractivity contribution is 7.08. The Balaban J connectivity index is 1.78. The van der Waals surface area contributed by atoms with Crippen molar-refractivity contribution in [1.29, 1.82) is 0 Å². The van der Waals surface area contributed by atoms with Crippen molar-refractivity contribution in [3.8, 4) is 11.5 Å². The monoisotopic (exact) mass is 306 g/mol. The predicted octanol–water partition coefficient (Wildman–Crippen LogP) is 3.45. The standard InChI is InChI=1S/C16H22N2O2S/c1-11(19)15-5-3-4-7-18(15)9-14-12(2)20-16(17-14)13-6-8-21-10-13/h6,8,10-11,15,19H,3-5,7,9H2,1-2H3. The smallest absolute Gasteiger partial charge is 0.227 e. The Hall–Kier alpha value is -1.17. The molecule has 0 bridgehead atoms. The summed E-state index contributed by atoms with van der Waals surface area (Å²) in [6.07, 6.45) is 3.15. The Morgan fingerprint density at radius 3 is 3.10 bits per heavy atom. The molecule has 2 aromatic rings. The molecule has 0 amide bonds. The Morgan fingerprint density at radius 2 is 2.38 bits per heavy atom. The average molecular weight is 306 g/mol. The molecule has 3 heterocycles. The van der Waals surface area contributed by atoms with Gasteiger partial charge in [0.2, 0.25) is 5.89 Å². The van der Waals surface area contributed by atoms with Crippen LogP contribution in [-0.2, 0) is 6.54 Å². The van der Waals surface area contributed by atoms with Crippen LogP contribution < -0.4 is 0 Å². The van der Waals surface area contributed by atoms with Crippen molar-refractivity contribution in [2.45, 2.75) is 51.8 Å². The van der Waals surface area contributed by atoms with Gasteiger partial charge in [-0.2, -0.15) is 11.3 Å². The summed E-state index contributed by atoms with van der Waals surface area (Å²) < 4.78 is 5.80. The number of hydrogen-bond donors (Lipinski definition) is 1. The van der Waals surface area contributed by atoms with E-state index in [0.717, 1.165) is 36.5 Å². The third-order valence-electron chi connectivity index (χ3n) is 4.23. The van der Waals surface area contributed by atoms with Crippen molar-refractivity contribution in [3.05, 3.63) is 28.3 Å². The van der Waals surface area contributed by atoms with E-state index in [4.69, 9.17) is 4.42 Å². The van der Waals surface area contributed by atoms with Crippen LogP contribution >= 0.6 is 11.3 Å². The summed E-state index contributed by atoms with van der Waals surface area (Å²) >= 11 is 1.65. The maximum absolute atomic E-state index is 9.97. The van der Waals surface area contributed by atoms with Gasteiger partial charge in [0.05, 0.1) is 11.8 Å². The Labute approximate surface area is 129 Å². The second-order valence-corrected chi connectivity index (χ2v) is 6.59. The van der Waals surface area contributed by atoms with Gasteiger partial charge < -0.3 is 9.52 Å². The first-order chi connectivity index (χ1) is 10.1. The summed E-state index contributed by atoms with van der Waals surface area (Å²) in [5.41, 5.74) is 2.03. The number of likely N-dealkylation sites (tertiary alicyclic amines) is 1. The molecule has 2 aromatic heterocycles. The lowest BCUT2D eigenvalue weighted by atomic mass is 9.98. The van der Waals surface area contributed by atoms with Gasteiger partial charge in [0, 0.05) is 23.5 Å². The van der Waals surface area contributed by atoms with Crippen molar-refractivity contribution in [3.63, 3.8) is 0 Å². The van der Waals surface area contributed by atoms with Crippen LogP contribution in [0.25, 0.3) is 11.5 Å². The minimum Gasteiger partial charge on any atom is -0.441 e. The van der Waals surface area contributed by atoms with Crippen LogP contribution in [0.2, 0.25) is 0 Å². The predicted molar refractivity (Wildman–Crippen MR) is 84.3 cm³/mol. The first-order valence-electron chi connectivity index (χ1n) is 7.56. The number of rotatable bonds is 4. The summed E-state index contributed by atoms with van der Waals surface area (Å²) in [4.78, 5) is 7.00. The lowest BCUT2D eigenvalue weighted by Crippen LogP contribution is -2.45. The SMILES string of the molecule is Cc1oc(-c2ccsc2)nc1CN1CCCCC1C(C)O. The largest absolute Gasteiger partial charge is 0.441 e. The zero-order chi connectivity index (χ0) is 14.8. The summed E-state index contributed by atoms with van der Waals surface area (Å²) in [7, 11) is 0. The number of aromatic nitrogens is 1. The second kappa shape index (κ2) is 6.30. The van der Waals surface area contributed by atoms with Crippen molar-refractivity contribution in [2.75, 3.05) is 6.54 Å². The lowest BCUT2D eigenvalue weighted by Gasteiger charge is -2.37. The van der Waals surface area contributed by atoms with Crippen LogP contribution in [0.1, 0.15) is 37.6 Å². The molecule has 0 aromatic carbocycles. The maximum atomic E-state index is 9.97. The minimum absolute atomic E-state index is 0.236. The number of aryl methyl sites for hydroxylation is 1. The molecule has 21 heavy (non-hydrogen) atoms. The molecule has 0 spiro atoms. The molecule has 3 rings (SSSR count). The molecule has 1 N–H and O–H groups in total. The fourth-order valence-corrected chi connectivity index (χ4v) is 3.67. The van der Waals surface area contributed by atoms with Gasteiger partial charge in [0.25, 0.3) is 0 Å². The first kappa shape index (κ1) is 14.8. The van der Waals surface area contributed by atoms with E-state index in [-0.39, 0.29) is 12.1 Å². The fraction of sp³-hybridized carbons (Fsp3) is 0.562. The number of piperidine rings is 1.